The zero-order valence-corrected chi connectivity index (χ0v) is 22.3. The van der Waals surface area contributed by atoms with Gasteiger partial charge in [-0.3, -0.25) is 9.36 Å². The van der Waals surface area contributed by atoms with Crippen molar-refractivity contribution in [3.05, 3.63) is 66.5 Å². The molecular weight excluding hydrogens is 472 g/mol. The third-order valence-electron chi connectivity index (χ3n) is 6.72. The molecule has 0 bridgehead atoms. The second-order valence-corrected chi connectivity index (χ2v) is 8.82. The van der Waals surface area contributed by atoms with Crippen molar-refractivity contribution in [3.8, 4) is 11.4 Å². The van der Waals surface area contributed by atoms with Crippen molar-refractivity contribution >= 4 is 40.2 Å². The quantitative estimate of drug-likeness (QED) is 0.382. The Morgan fingerprint density at radius 3 is 2.50 bits per heavy atom. The number of aromatic nitrogens is 4. The number of amides is 1. The minimum Gasteiger partial charge on any atom is -0.369 e. The Bertz CT molecular complexity index is 1280. The number of rotatable bonds is 7. The highest BCUT2D eigenvalue weighted by Gasteiger charge is 2.39. The third-order valence-corrected chi connectivity index (χ3v) is 7.05. The van der Waals surface area contributed by atoms with Gasteiger partial charge in [0.2, 0.25) is 5.91 Å². The lowest BCUT2D eigenvalue weighted by atomic mass is 9.75. The number of nitrogens with zero attached hydrogens (tertiary/aromatic N) is 5. The van der Waals surface area contributed by atoms with Gasteiger partial charge in [0.25, 0.3) is 0 Å². The first-order chi connectivity index (χ1) is 17.5. The molecule has 3 heterocycles. The van der Waals surface area contributed by atoms with Crippen LogP contribution in [-0.2, 0) is 4.79 Å². The maximum atomic E-state index is 12.1. The van der Waals surface area contributed by atoms with E-state index >= 15 is 0 Å². The highest BCUT2D eigenvalue weighted by atomic mass is 35.5. The maximum Gasteiger partial charge on any atom is 0.223 e. The minimum atomic E-state index is -0.460. The van der Waals surface area contributed by atoms with Crippen LogP contribution in [0.25, 0.3) is 28.2 Å². The van der Waals surface area contributed by atoms with Crippen molar-refractivity contribution in [1.82, 2.24) is 19.5 Å². The normalized spacial score (nSPS) is 15.6. The average molecular weight is 507 g/mol. The molecular formula is C28H35ClN6O. The van der Waals surface area contributed by atoms with Crippen LogP contribution in [0.15, 0.2) is 61.5 Å². The fourth-order valence-corrected chi connectivity index (χ4v) is 4.79. The van der Waals surface area contributed by atoms with Gasteiger partial charge in [0.1, 0.15) is 12.2 Å². The van der Waals surface area contributed by atoms with Crippen LogP contribution in [0.3, 0.4) is 0 Å². The first-order valence-corrected chi connectivity index (χ1v) is 12.8. The van der Waals surface area contributed by atoms with Crippen LogP contribution < -0.4 is 10.6 Å². The summed E-state index contributed by atoms with van der Waals surface area (Å²) in [4.78, 5) is 28.5. The van der Waals surface area contributed by atoms with E-state index < -0.39 is 5.41 Å². The number of fused-ring (bicyclic) bond motifs is 1. The van der Waals surface area contributed by atoms with Crippen molar-refractivity contribution in [2.45, 2.75) is 47.0 Å². The fraction of sp³-hybridized carbons (Fsp3) is 0.357. The first kappa shape index (κ1) is 27.1. The number of benzene rings is 1. The molecule has 36 heavy (non-hydrogen) atoms. The number of piperidine rings is 1. The van der Waals surface area contributed by atoms with Crippen LogP contribution in [0, 0.1) is 5.41 Å². The number of hydrogen-bond acceptors (Lipinski definition) is 5. The summed E-state index contributed by atoms with van der Waals surface area (Å²) in [6, 6.07) is 7.62. The predicted octanol–water partition coefficient (Wildman–Crippen LogP) is 6.26. The molecule has 0 spiro atoms. The lowest BCUT2D eigenvalue weighted by Crippen LogP contribution is -2.47. The lowest BCUT2D eigenvalue weighted by Gasteiger charge is -2.39. The molecule has 0 aliphatic carbocycles. The van der Waals surface area contributed by atoms with Gasteiger partial charge in [-0.15, -0.1) is 0 Å². The van der Waals surface area contributed by atoms with Gasteiger partial charge in [0, 0.05) is 24.4 Å². The van der Waals surface area contributed by atoms with Gasteiger partial charge < -0.3 is 10.6 Å². The fourth-order valence-electron chi connectivity index (χ4n) is 4.57. The molecule has 2 aromatic heterocycles. The van der Waals surface area contributed by atoms with Gasteiger partial charge in [-0.25, -0.2) is 15.0 Å². The van der Waals surface area contributed by atoms with Crippen LogP contribution in [0.5, 0.6) is 0 Å². The number of anilines is 1. The van der Waals surface area contributed by atoms with Crippen LogP contribution >= 0.6 is 11.6 Å². The summed E-state index contributed by atoms with van der Waals surface area (Å²) >= 11 is 6.58. The van der Waals surface area contributed by atoms with Gasteiger partial charge >= 0.3 is 0 Å². The number of halogens is 1. The molecule has 190 valence electrons. The maximum absolute atomic E-state index is 12.1. The number of carbonyl (C=O) groups excluding carboxylic acids is 1. The first-order valence-electron chi connectivity index (χ1n) is 12.4. The summed E-state index contributed by atoms with van der Waals surface area (Å²) in [7, 11) is 0. The van der Waals surface area contributed by atoms with Gasteiger partial charge in [0.05, 0.1) is 10.4 Å². The number of primary amides is 1. The monoisotopic (exact) mass is 506 g/mol. The van der Waals surface area contributed by atoms with E-state index in [4.69, 9.17) is 22.3 Å². The van der Waals surface area contributed by atoms with E-state index in [1.807, 2.05) is 74.8 Å². The SMILES string of the molecule is C=C/C=C\C(=C/C)n1c(-c2ccccc2Cl)nc2c(N3CCC(CC)(C(N)=O)CC3)ncnc21.CC. The standard InChI is InChI=1S/C26H29ClN6O.C2H6/c1-4-7-10-18(5-2)33-22(19-11-8-9-12-20(19)27)31-21-23(29-17-30-24(21)33)32-15-13-26(6-3,14-16-32)25(28)34;1-2/h4-5,7-12,17H,1,6,13-16H2,2-3H3,(H2,28,34);1-2H3/b10-7-,18-5+;. The Kier molecular flexibility index (Phi) is 9.04. The predicted molar refractivity (Wildman–Crippen MR) is 150 cm³/mol. The van der Waals surface area contributed by atoms with Crippen molar-refractivity contribution in [3.63, 3.8) is 0 Å². The van der Waals surface area contributed by atoms with Crippen LogP contribution in [0.2, 0.25) is 5.02 Å². The molecule has 4 rings (SSSR count). The lowest BCUT2D eigenvalue weighted by molar-refractivity contribution is -0.129. The molecule has 1 amide bonds. The zero-order chi connectivity index (χ0) is 26.3. The van der Waals surface area contributed by atoms with E-state index in [-0.39, 0.29) is 5.91 Å². The van der Waals surface area contributed by atoms with E-state index in [1.54, 1.807) is 12.4 Å². The van der Waals surface area contributed by atoms with E-state index in [2.05, 4.69) is 21.4 Å². The molecule has 3 aromatic rings. The molecule has 0 unspecified atom stereocenters. The molecule has 1 aliphatic rings. The van der Waals surface area contributed by atoms with Gasteiger partial charge in [-0.05, 0) is 44.4 Å². The molecule has 8 heteroatoms. The summed E-state index contributed by atoms with van der Waals surface area (Å²) < 4.78 is 1.99. The second-order valence-electron chi connectivity index (χ2n) is 8.41. The molecule has 1 aliphatic heterocycles. The molecule has 1 saturated heterocycles. The Hall–Kier alpha value is -3.45. The van der Waals surface area contributed by atoms with Crippen molar-refractivity contribution in [2.24, 2.45) is 11.1 Å². The summed E-state index contributed by atoms with van der Waals surface area (Å²) in [5.41, 5.74) is 8.35. The molecule has 0 saturated carbocycles. The number of imidazole rings is 1. The smallest absolute Gasteiger partial charge is 0.223 e. The Morgan fingerprint density at radius 1 is 1.22 bits per heavy atom. The number of hydrogen-bond donors (Lipinski definition) is 1. The summed E-state index contributed by atoms with van der Waals surface area (Å²) in [5, 5.41) is 0.601. The van der Waals surface area contributed by atoms with E-state index in [9.17, 15) is 4.79 Å². The Morgan fingerprint density at radius 2 is 1.92 bits per heavy atom. The molecule has 7 nitrogen and oxygen atoms in total. The number of nitrogens with two attached hydrogens (primary N) is 1. The topological polar surface area (TPSA) is 89.9 Å². The van der Waals surface area contributed by atoms with Crippen molar-refractivity contribution in [2.75, 3.05) is 18.0 Å². The molecule has 0 atom stereocenters. The van der Waals surface area contributed by atoms with Crippen molar-refractivity contribution < 1.29 is 4.79 Å². The molecule has 1 fully saturated rings. The largest absolute Gasteiger partial charge is 0.369 e. The molecule has 2 N–H and O–H groups in total. The highest BCUT2D eigenvalue weighted by molar-refractivity contribution is 6.33. The van der Waals surface area contributed by atoms with Gasteiger partial charge in [0.15, 0.2) is 17.0 Å². The molecule has 1 aromatic carbocycles. The Balaban J connectivity index is 0.00000176. The van der Waals surface area contributed by atoms with Gasteiger partial charge in [-0.1, -0.05) is 69.3 Å². The van der Waals surface area contributed by atoms with E-state index in [0.29, 0.717) is 47.9 Å². The molecule has 0 radical (unpaired) electrons. The minimum absolute atomic E-state index is 0.223. The van der Waals surface area contributed by atoms with E-state index in [0.717, 1.165) is 23.5 Å². The van der Waals surface area contributed by atoms with Gasteiger partial charge in [-0.2, -0.15) is 0 Å². The summed E-state index contributed by atoms with van der Waals surface area (Å²) in [6.07, 6.45) is 11.2. The second kappa shape index (κ2) is 12.0. The van der Waals surface area contributed by atoms with E-state index in [1.165, 1.54) is 0 Å². The van der Waals surface area contributed by atoms with Crippen molar-refractivity contribution in [1.29, 1.82) is 0 Å². The van der Waals surface area contributed by atoms with Crippen LogP contribution in [0.1, 0.15) is 47.0 Å². The number of carbonyl (C=O) groups is 1. The average Bonchev–Trinajstić information content (AvgIpc) is 3.30. The third kappa shape index (κ3) is 5.07. The summed E-state index contributed by atoms with van der Waals surface area (Å²) in [5.74, 6) is 1.20. The number of allylic oxidation sites excluding steroid dienone is 5. The van der Waals surface area contributed by atoms with Crippen LogP contribution in [-0.4, -0.2) is 38.5 Å². The highest BCUT2D eigenvalue weighted by Crippen LogP contribution is 2.39. The summed E-state index contributed by atoms with van der Waals surface area (Å²) in [6.45, 7) is 13.1. The zero-order valence-electron chi connectivity index (χ0n) is 21.5. The Labute approximate surface area is 218 Å². The van der Waals surface area contributed by atoms with Crippen LogP contribution in [0.4, 0.5) is 5.82 Å².